The lowest BCUT2D eigenvalue weighted by Crippen LogP contribution is -2.16. The number of ether oxygens (including phenoxy) is 3. The molecule has 134 valence electrons. The molecule has 0 N–H and O–H groups in total. The fourth-order valence-corrected chi connectivity index (χ4v) is 2.49. The minimum absolute atomic E-state index is 0.152. The minimum Gasteiger partial charge on any atom is -0.497 e. The molecule has 2 aromatic rings. The summed E-state index contributed by atoms with van der Waals surface area (Å²) in [5, 5.41) is 0. The van der Waals surface area contributed by atoms with Crippen molar-refractivity contribution < 1.29 is 23.8 Å². The van der Waals surface area contributed by atoms with E-state index in [1.807, 2.05) is 0 Å². The number of benzene rings is 1. The van der Waals surface area contributed by atoms with E-state index in [9.17, 15) is 9.59 Å². The van der Waals surface area contributed by atoms with Crippen LogP contribution in [0.4, 0.5) is 0 Å². The van der Waals surface area contributed by atoms with Crippen LogP contribution in [0.5, 0.6) is 5.75 Å². The zero-order chi connectivity index (χ0) is 19.3. The molecule has 0 radical (unpaired) electrons. The maximum absolute atomic E-state index is 12.2. The molecule has 0 spiro atoms. The van der Waals surface area contributed by atoms with Gasteiger partial charge in [-0.1, -0.05) is 11.8 Å². The molecule has 1 aromatic heterocycles. The summed E-state index contributed by atoms with van der Waals surface area (Å²) < 4.78 is 14.8. The summed E-state index contributed by atoms with van der Waals surface area (Å²) in [5.41, 5.74) is 2.11. The van der Waals surface area contributed by atoms with Crippen molar-refractivity contribution in [1.29, 1.82) is 0 Å². The zero-order valence-electron chi connectivity index (χ0n) is 15.3. The molecule has 0 saturated carbocycles. The number of aromatic nitrogens is 1. The molecule has 0 fully saturated rings. The highest BCUT2D eigenvalue weighted by molar-refractivity contribution is 6.01. The predicted molar refractivity (Wildman–Crippen MR) is 95.4 cm³/mol. The number of carbonyl (C=O) groups is 2. The third-order valence-corrected chi connectivity index (χ3v) is 3.76. The van der Waals surface area contributed by atoms with E-state index < -0.39 is 11.9 Å². The molecule has 0 atom stereocenters. The van der Waals surface area contributed by atoms with Crippen LogP contribution in [0.15, 0.2) is 24.3 Å². The molecule has 2 rings (SSSR count). The molecule has 6 heteroatoms. The molecular weight excluding hydrogens is 334 g/mol. The van der Waals surface area contributed by atoms with Gasteiger partial charge in [0.15, 0.2) is 0 Å². The third-order valence-electron chi connectivity index (χ3n) is 3.76. The summed E-state index contributed by atoms with van der Waals surface area (Å²) in [4.78, 5) is 28.7. The highest BCUT2D eigenvalue weighted by Gasteiger charge is 2.25. The van der Waals surface area contributed by atoms with Gasteiger partial charge >= 0.3 is 11.9 Å². The Hall–Kier alpha value is -3.33. The normalized spacial score (nSPS) is 9.73. The SMILES string of the molecule is COC(=O)c1c(C)nc(C)c(C(=O)OC)c1C#Cc1ccc(OC)cc1. The molecule has 0 aliphatic heterocycles. The maximum Gasteiger partial charge on any atom is 0.341 e. The van der Waals surface area contributed by atoms with Crippen molar-refractivity contribution in [3.63, 3.8) is 0 Å². The van der Waals surface area contributed by atoms with Crippen LogP contribution in [0.2, 0.25) is 0 Å². The second kappa shape index (κ2) is 8.17. The van der Waals surface area contributed by atoms with Crippen molar-refractivity contribution >= 4 is 11.9 Å². The standard InChI is InChI=1S/C20H19NO5/c1-12-17(19(22)25-4)16(18(13(2)21-12)20(23)26-5)11-8-14-6-9-15(24-3)10-7-14/h6-7,9-10H,1-5H3. The summed E-state index contributed by atoms with van der Waals surface area (Å²) in [6, 6.07) is 7.11. The van der Waals surface area contributed by atoms with E-state index >= 15 is 0 Å². The van der Waals surface area contributed by atoms with E-state index in [0.717, 1.165) is 0 Å². The van der Waals surface area contributed by atoms with E-state index in [4.69, 9.17) is 14.2 Å². The number of hydrogen-bond donors (Lipinski definition) is 0. The average Bonchev–Trinajstić information content (AvgIpc) is 2.65. The van der Waals surface area contributed by atoms with Gasteiger partial charge in [-0.25, -0.2) is 9.59 Å². The van der Waals surface area contributed by atoms with E-state index in [0.29, 0.717) is 22.7 Å². The third kappa shape index (κ3) is 3.83. The molecule has 0 bridgehead atoms. The van der Waals surface area contributed by atoms with Crippen LogP contribution in [-0.4, -0.2) is 38.3 Å². The summed E-state index contributed by atoms with van der Waals surface area (Å²) in [6.45, 7) is 3.33. The van der Waals surface area contributed by atoms with Crippen LogP contribution in [0.25, 0.3) is 0 Å². The van der Waals surface area contributed by atoms with Crippen molar-refractivity contribution in [2.45, 2.75) is 13.8 Å². The van der Waals surface area contributed by atoms with Gasteiger partial charge < -0.3 is 14.2 Å². The predicted octanol–water partition coefficient (Wildman–Crippen LogP) is 2.68. The van der Waals surface area contributed by atoms with Crippen LogP contribution in [0, 0.1) is 25.7 Å². The van der Waals surface area contributed by atoms with Gasteiger partial charge in [0.2, 0.25) is 0 Å². The first-order chi connectivity index (χ1) is 12.4. The molecule has 26 heavy (non-hydrogen) atoms. The second-order valence-corrected chi connectivity index (χ2v) is 5.37. The monoisotopic (exact) mass is 353 g/mol. The Morgan fingerprint density at radius 1 is 0.846 bits per heavy atom. The van der Waals surface area contributed by atoms with Gasteiger partial charge in [-0.2, -0.15) is 0 Å². The van der Waals surface area contributed by atoms with E-state index in [-0.39, 0.29) is 16.7 Å². The zero-order valence-corrected chi connectivity index (χ0v) is 15.3. The van der Waals surface area contributed by atoms with E-state index in [1.165, 1.54) is 14.2 Å². The van der Waals surface area contributed by atoms with Crippen molar-refractivity contribution in [3.8, 4) is 17.6 Å². The van der Waals surface area contributed by atoms with Gasteiger partial charge in [0.25, 0.3) is 0 Å². The largest absolute Gasteiger partial charge is 0.497 e. The Morgan fingerprint density at radius 2 is 1.35 bits per heavy atom. The van der Waals surface area contributed by atoms with Crippen LogP contribution < -0.4 is 4.74 Å². The lowest BCUT2D eigenvalue weighted by Gasteiger charge is -2.12. The van der Waals surface area contributed by atoms with Crippen molar-refractivity contribution in [2.24, 2.45) is 0 Å². The minimum atomic E-state index is -0.612. The first-order valence-electron chi connectivity index (χ1n) is 7.76. The van der Waals surface area contributed by atoms with Gasteiger partial charge in [-0.05, 0) is 38.1 Å². The Kier molecular flexibility index (Phi) is 5.97. The highest BCUT2D eigenvalue weighted by Crippen LogP contribution is 2.22. The molecule has 6 nitrogen and oxygen atoms in total. The molecular formula is C20H19NO5. The Bertz CT molecular complexity index is 864. The highest BCUT2D eigenvalue weighted by atomic mass is 16.5. The topological polar surface area (TPSA) is 74.7 Å². The molecule has 0 aliphatic carbocycles. The number of esters is 2. The number of methoxy groups -OCH3 is 3. The number of hydrogen-bond acceptors (Lipinski definition) is 6. The second-order valence-electron chi connectivity index (χ2n) is 5.37. The van der Waals surface area contributed by atoms with Crippen molar-refractivity contribution in [2.75, 3.05) is 21.3 Å². The van der Waals surface area contributed by atoms with Crippen molar-refractivity contribution in [1.82, 2.24) is 4.98 Å². The first-order valence-corrected chi connectivity index (χ1v) is 7.76. The molecule has 1 heterocycles. The Balaban J connectivity index is 2.69. The Labute approximate surface area is 152 Å². The molecule has 1 aromatic carbocycles. The summed E-state index contributed by atoms with van der Waals surface area (Å²) in [6.07, 6.45) is 0. The Morgan fingerprint density at radius 3 is 1.77 bits per heavy atom. The number of aryl methyl sites for hydroxylation is 2. The quantitative estimate of drug-likeness (QED) is 0.624. The van der Waals surface area contributed by atoms with Gasteiger partial charge in [0, 0.05) is 5.56 Å². The number of rotatable bonds is 3. The van der Waals surface area contributed by atoms with Crippen LogP contribution in [0.1, 0.15) is 43.2 Å². The average molecular weight is 353 g/mol. The molecule has 0 saturated heterocycles. The van der Waals surface area contributed by atoms with Gasteiger partial charge in [-0.3, -0.25) is 4.98 Å². The van der Waals surface area contributed by atoms with Crippen molar-refractivity contribution in [3.05, 3.63) is 57.9 Å². The molecule has 0 aliphatic rings. The smallest absolute Gasteiger partial charge is 0.341 e. The van der Waals surface area contributed by atoms with Crippen LogP contribution in [0.3, 0.4) is 0 Å². The maximum atomic E-state index is 12.2. The number of nitrogens with zero attached hydrogens (tertiary/aromatic N) is 1. The first kappa shape index (κ1) is 19.0. The van der Waals surface area contributed by atoms with E-state index in [1.54, 1.807) is 45.2 Å². The van der Waals surface area contributed by atoms with E-state index in [2.05, 4.69) is 16.8 Å². The van der Waals surface area contributed by atoms with Crippen LogP contribution >= 0.6 is 0 Å². The lowest BCUT2D eigenvalue weighted by atomic mass is 9.98. The summed E-state index contributed by atoms with van der Waals surface area (Å²) in [7, 11) is 4.11. The lowest BCUT2D eigenvalue weighted by molar-refractivity contribution is 0.0596. The fraction of sp³-hybridized carbons (Fsp3) is 0.250. The molecule has 0 unspecified atom stereocenters. The number of carbonyl (C=O) groups excluding carboxylic acids is 2. The summed E-state index contributed by atoms with van der Waals surface area (Å²) in [5.74, 6) is 5.35. The van der Waals surface area contributed by atoms with Gasteiger partial charge in [0.05, 0.1) is 49.4 Å². The number of pyridine rings is 1. The van der Waals surface area contributed by atoms with Gasteiger partial charge in [0.1, 0.15) is 5.75 Å². The fourth-order valence-electron chi connectivity index (χ4n) is 2.49. The van der Waals surface area contributed by atoms with Crippen LogP contribution in [-0.2, 0) is 9.47 Å². The summed E-state index contributed by atoms with van der Waals surface area (Å²) >= 11 is 0. The molecule has 0 amide bonds. The van der Waals surface area contributed by atoms with Gasteiger partial charge in [-0.15, -0.1) is 0 Å².